The van der Waals surface area contributed by atoms with Crippen molar-refractivity contribution < 1.29 is 26.5 Å². The minimum Gasteiger partial charge on any atom is -0.337 e. The third-order valence-electron chi connectivity index (χ3n) is 4.36. The molecule has 1 fully saturated rings. The molecule has 3 rings (SSSR count). The number of benzene rings is 1. The molecule has 27 heavy (non-hydrogen) atoms. The molecule has 146 valence electrons. The molecule has 0 bridgehead atoms. The number of rotatable bonds is 3. The van der Waals surface area contributed by atoms with E-state index in [0.29, 0.717) is 11.9 Å². The zero-order chi connectivity index (χ0) is 19.8. The predicted molar refractivity (Wildman–Crippen MR) is 88.9 cm³/mol. The van der Waals surface area contributed by atoms with Crippen molar-refractivity contribution in [3.63, 3.8) is 0 Å². The average molecular weight is 400 g/mol. The van der Waals surface area contributed by atoms with Crippen molar-refractivity contribution in [1.29, 1.82) is 0 Å². The normalized spacial score (nSPS) is 19.1. The summed E-state index contributed by atoms with van der Waals surface area (Å²) in [7, 11) is -4.20. The summed E-state index contributed by atoms with van der Waals surface area (Å²) in [5.74, 6) is -1.68. The van der Waals surface area contributed by atoms with Gasteiger partial charge in [0.1, 0.15) is 22.6 Å². The predicted octanol–water partition coefficient (Wildman–Crippen LogP) is 1.64. The van der Waals surface area contributed by atoms with Crippen molar-refractivity contribution in [2.24, 2.45) is 0 Å². The van der Waals surface area contributed by atoms with Gasteiger partial charge in [-0.3, -0.25) is 4.79 Å². The molecule has 1 amide bonds. The van der Waals surface area contributed by atoms with Gasteiger partial charge in [-0.25, -0.2) is 17.2 Å². The molecule has 0 spiro atoms. The van der Waals surface area contributed by atoms with Crippen LogP contribution < -0.4 is 0 Å². The Kier molecular flexibility index (Phi) is 5.24. The highest BCUT2D eigenvalue weighted by Gasteiger charge is 2.36. The van der Waals surface area contributed by atoms with E-state index in [1.807, 2.05) is 0 Å². The van der Waals surface area contributed by atoms with Gasteiger partial charge in [0.25, 0.3) is 0 Å². The lowest BCUT2D eigenvalue weighted by Gasteiger charge is -2.25. The van der Waals surface area contributed by atoms with E-state index in [2.05, 4.69) is 10.1 Å². The number of aryl methyl sites for hydroxylation is 1. The number of hydrogen-bond acceptors (Lipinski definition) is 6. The van der Waals surface area contributed by atoms with E-state index in [0.717, 1.165) is 16.4 Å². The SMILES string of the molecule is CC(=O)N1CCN(S(=O)(=O)c2ccc(F)cc2F)CCC1c1nc(C)no1. The second kappa shape index (κ2) is 7.31. The maximum Gasteiger partial charge on any atom is 0.249 e. The molecular weight excluding hydrogens is 382 g/mol. The van der Waals surface area contributed by atoms with Crippen LogP contribution in [-0.2, 0) is 14.8 Å². The lowest BCUT2D eigenvalue weighted by atomic mass is 10.2. The molecule has 2 aromatic rings. The first kappa shape index (κ1) is 19.4. The molecule has 0 aliphatic carbocycles. The summed E-state index contributed by atoms with van der Waals surface area (Å²) in [6, 6.07) is 1.73. The fourth-order valence-corrected chi connectivity index (χ4v) is 4.55. The Balaban J connectivity index is 1.90. The maximum atomic E-state index is 14.0. The van der Waals surface area contributed by atoms with Crippen LogP contribution in [0, 0.1) is 18.6 Å². The third kappa shape index (κ3) is 3.83. The van der Waals surface area contributed by atoms with Crippen molar-refractivity contribution in [2.45, 2.75) is 31.2 Å². The first-order chi connectivity index (χ1) is 12.7. The van der Waals surface area contributed by atoms with Crippen molar-refractivity contribution in [2.75, 3.05) is 19.6 Å². The Bertz CT molecular complexity index is 963. The summed E-state index contributed by atoms with van der Waals surface area (Å²) in [6.07, 6.45) is 0.198. The Labute approximate surface area is 154 Å². The summed E-state index contributed by atoms with van der Waals surface area (Å²) in [5, 5.41) is 3.71. The van der Waals surface area contributed by atoms with E-state index < -0.39 is 32.6 Å². The summed E-state index contributed by atoms with van der Waals surface area (Å²) in [4.78, 5) is 17.0. The lowest BCUT2D eigenvalue weighted by molar-refractivity contribution is -0.131. The van der Waals surface area contributed by atoms with Crippen LogP contribution in [0.15, 0.2) is 27.6 Å². The molecule has 2 heterocycles. The zero-order valence-electron chi connectivity index (χ0n) is 14.7. The molecule has 1 aromatic carbocycles. The van der Waals surface area contributed by atoms with Crippen molar-refractivity contribution in [3.8, 4) is 0 Å². The third-order valence-corrected chi connectivity index (χ3v) is 6.29. The van der Waals surface area contributed by atoms with E-state index in [1.54, 1.807) is 6.92 Å². The van der Waals surface area contributed by atoms with E-state index in [9.17, 15) is 22.0 Å². The van der Waals surface area contributed by atoms with E-state index in [1.165, 1.54) is 11.8 Å². The maximum absolute atomic E-state index is 14.0. The van der Waals surface area contributed by atoms with Crippen molar-refractivity contribution >= 4 is 15.9 Å². The number of hydrogen-bond donors (Lipinski definition) is 0. The number of sulfonamides is 1. The van der Waals surface area contributed by atoms with Gasteiger partial charge in [-0.05, 0) is 25.5 Å². The summed E-state index contributed by atoms with van der Waals surface area (Å²) in [6.45, 7) is 3.04. The van der Waals surface area contributed by atoms with Crippen LogP contribution in [0.1, 0.15) is 31.1 Å². The van der Waals surface area contributed by atoms with Gasteiger partial charge in [0, 0.05) is 32.6 Å². The summed E-state index contributed by atoms with van der Waals surface area (Å²) in [5.41, 5.74) is 0. The Morgan fingerprint density at radius 3 is 2.59 bits per heavy atom. The average Bonchev–Trinajstić information content (AvgIpc) is 2.88. The molecule has 1 aromatic heterocycles. The molecule has 1 saturated heterocycles. The van der Waals surface area contributed by atoms with Gasteiger partial charge in [0.15, 0.2) is 5.82 Å². The first-order valence-corrected chi connectivity index (χ1v) is 9.67. The molecule has 1 atom stereocenters. The number of nitrogens with zero attached hydrogens (tertiary/aromatic N) is 4. The number of halogens is 2. The minimum atomic E-state index is -4.20. The minimum absolute atomic E-state index is 0.00895. The second-order valence-corrected chi connectivity index (χ2v) is 8.08. The molecular formula is C16H18F2N4O4S. The molecule has 0 radical (unpaired) electrons. The van der Waals surface area contributed by atoms with Crippen LogP contribution in [-0.4, -0.2) is 53.3 Å². The molecule has 0 saturated carbocycles. The quantitative estimate of drug-likeness (QED) is 0.777. The van der Waals surface area contributed by atoms with Crippen LogP contribution in [0.5, 0.6) is 0 Å². The van der Waals surface area contributed by atoms with Crippen LogP contribution >= 0.6 is 0 Å². The molecule has 1 unspecified atom stereocenters. The topological polar surface area (TPSA) is 96.6 Å². The first-order valence-electron chi connectivity index (χ1n) is 8.23. The Morgan fingerprint density at radius 2 is 2.00 bits per heavy atom. The monoisotopic (exact) mass is 400 g/mol. The van der Waals surface area contributed by atoms with Crippen LogP contribution in [0.25, 0.3) is 0 Å². The summed E-state index contributed by atoms with van der Waals surface area (Å²) < 4.78 is 59.0. The number of amides is 1. The van der Waals surface area contributed by atoms with Crippen molar-refractivity contribution in [1.82, 2.24) is 19.3 Å². The largest absolute Gasteiger partial charge is 0.337 e. The van der Waals surface area contributed by atoms with Crippen LogP contribution in [0.2, 0.25) is 0 Å². The van der Waals surface area contributed by atoms with E-state index in [-0.39, 0.29) is 37.9 Å². The van der Waals surface area contributed by atoms with Gasteiger partial charge >= 0.3 is 0 Å². The fourth-order valence-electron chi connectivity index (χ4n) is 3.06. The zero-order valence-corrected chi connectivity index (χ0v) is 15.5. The van der Waals surface area contributed by atoms with E-state index in [4.69, 9.17) is 4.52 Å². The van der Waals surface area contributed by atoms with Crippen LogP contribution in [0.3, 0.4) is 0 Å². The van der Waals surface area contributed by atoms with Gasteiger partial charge < -0.3 is 9.42 Å². The highest BCUT2D eigenvalue weighted by Crippen LogP contribution is 2.29. The van der Waals surface area contributed by atoms with E-state index >= 15 is 0 Å². The highest BCUT2D eigenvalue weighted by molar-refractivity contribution is 7.89. The molecule has 8 nitrogen and oxygen atoms in total. The Hall–Kier alpha value is -2.40. The van der Waals surface area contributed by atoms with Gasteiger partial charge in [0.05, 0.1) is 0 Å². The van der Waals surface area contributed by atoms with Crippen molar-refractivity contribution in [3.05, 3.63) is 41.5 Å². The standard InChI is InChI=1S/C16H18F2N4O4S/c1-10-19-16(26-20-10)14-5-6-21(7-8-22(14)11(2)23)27(24,25)15-4-3-12(17)9-13(15)18/h3-4,9,14H,5-8H2,1-2H3. The van der Waals surface area contributed by atoms with Gasteiger partial charge in [-0.2, -0.15) is 9.29 Å². The van der Waals surface area contributed by atoms with Gasteiger partial charge in [0.2, 0.25) is 21.8 Å². The summed E-state index contributed by atoms with van der Waals surface area (Å²) >= 11 is 0. The second-order valence-electron chi connectivity index (χ2n) is 6.18. The van der Waals surface area contributed by atoms with Gasteiger partial charge in [-0.15, -0.1) is 0 Å². The number of carbonyl (C=O) groups excluding carboxylic acids is 1. The molecule has 11 heteroatoms. The molecule has 0 N–H and O–H groups in total. The smallest absolute Gasteiger partial charge is 0.249 e. The van der Waals surface area contributed by atoms with Gasteiger partial charge in [-0.1, -0.05) is 5.16 Å². The highest BCUT2D eigenvalue weighted by atomic mass is 32.2. The fraction of sp³-hybridized carbons (Fsp3) is 0.438. The number of aromatic nitrogens is 2. The number of carbonyl (C=O) groups is 1. The molecule has 1 aliphatic heterocycles. The lowest BCUT2D eigenvalue weighted by Crippen LogP contribution is -2.37. The molecule has 1 aliphatic rings. The van der Waals surface area contributed by atoms with Crippen LogP contribution in [0.4, 0.5) is 8.78 Å². The Morgan fingerprint density at radius 1 is 1.26 bits per heavy atom.